The number of halogens is 3. The number of hydrogen-bond donors (Lipinski definition) is 0. The molecule has 11 heavy (non-hydrogen) atoms. The molecule has 0 aromatic rings. The quantitative estimate of drug-likeness (QED) is 0.513. The molecule has 1 aliphatic carbocycles. The van der Waals surface area contributed by atoms with Crippen molar-refractivity contribution in [3.63, 3.8) is 0 Å². The number of rotatable bonds is 0. The summed E-state index contributed by atoms with van der Waals surface area (Å²) in [6.45, 7) is 2.79. The zero-order valence-electron chi connectivity index (χ0n) is 6.37. The molecule has 0 fully saturated rings. The van der Waals surface area contributed by atoms with Crippen LogP contribution in [0.5, 0.6) is 0 Å². The van der Waals surface area contributed by atoms with Crippen LogP contribution < -0.4 is 0 Å². The van der Waals surface area contributed by atoms with Gasteiger partial charge in [-0.15, -0.1) is 0 Å². The first-order valence-electron chi connectivity index (χ1n) is 3.33. The summed E-state index contributed by atoms with van der Waals surface area (Å²) in [5.74, 6) is -1.58. The Morgan fingerprint density at radius 1 is 1.36 bits per heavy atom. The van der Waals surface area contributed by atoms with Gasteiger partial charge in [0.25, 0.3) is 0 Å². The molecule has 1 rings (SSSR count). The second kappa shape index (κ2) is 2.40. The molecule has 0 radical (unpaired) electrons. The fourth-order valence-electron chi connectivity index (χ4n) is 0.835. The predicted octanol–water partition coefficient (Wildman–Crippen LogP) is 3.07. The molecule has 0 heterocycles. The second-order valence-electron chi connectivity index (χ2n) is 3.17. The topological polar surface area (TPSA) is 0 Å². The van der Waals surface area contributed by atoms with Crippen LogP contribution in [0.3, 0.4) is 0 Å². The predicted molar refractivity (Wildman–Crippen MR) is 37.1 cm³/mol. The standard InChI is InChI=1S/C8H9F3/c1-8(2)6(10)3-5(9)4-7(8)11/h3-4,6H,1-2H3. The lowest BCUT2D eigenvalue weighted by atomic mass is 9.83. The third kappa shape index (κ3) is 1.32. The van der Waals surface area contributed by atoms with E-state index in [4.69, 9.17) is 0 Å². The van der Waals surface area contributed by atoms with Crippen LogP contribution in [-0.4, -0.2) is 6.17 Å². The maximum atomic E-state index is 12.9. The number of hydrogen-bond acceptors (Lipinski definition) is 0. The lowest BCUT2D eigenvalue weighted by Crippen LogP contribution is -2.27. The van der Waals surface area contributed by atoms with E-state index in [9.17, 15) is 13.2 Å². The Morgan fingerprint density at radius 3 is 2.36 bits per heavy atom. The normalized spacial score (nSPS) is 29.4. The smallest absolute Gasteiger partial charge is 0.133 e. The Bertz CT molecular complexity index is 225. The highest BCUT2D eigenvalue weighted by atomic mass is 19.2. The molecule has 0 aromatic carbocycles. The van der Waals surface area contributed by atoms with Gasteiger partial charge in [-0.3, -0.25) is 0 Å². The van der Waals surface area contributed by atoms with Gasteiger partial charge >= 0.3 is 0 Å². The largest absolute Gasteiger partial charge is 0.242 e. The SMILES string of the molecule is CC1(C)C(F)=CC(F)=CC1F. The van der Waals surface area contributed by atoms with Gasteiger partial charge in [0, 0.05) is 6.08 Å². The van der Waals surface area contributed by atoms with Gasteiger partial charge in [0.1, 0.15) is 17.8 Å². The summed E-state index contributed by atoms with van der Waals surface area (Å²) in [5, 5.41) is 0. The van der Waals surface area contributed by atoms with Gasteiger partial charge in [-0.1, -0.05) is 13.8 Å². The van der Waals surface area contributed by atoms with Crippen LogP contribution in [0, 0.1) is 5.41 Å². The summed E-state index contributed by atoms with van der Waals surface area (Å²) < 4.78 is 38.0. The van der Waals surface area contributed by atoms with Crippen molar-refractivity contribution in [3.05, 3.63) is 23.8 Å². The Labute approximate surface area is 63.4 Å². The molecule has 1 aliphatic rings. The Morgan fingerprint density at radius 2 is 1.91 bits per heavy atom. The van der Waals surface area contributed by atoms with Gasteiger partial charge in [-0.25, -0.2) is 13.2 Å². The molecule has 0 saturated carbocycles. The molecule has 0 bridgehead atoms. The molecular formula is C8H9F3. The van der Waals surface area contributed by atoms with E-state index in [2.05, 4.69) is 0 Å². The van der Waals surface area contributed by atoms with Gasteiger partial charge in [-0.2, -0.15) is 0 Å². The summed E-state index contributed by atoms with van der Waals surface area (Å²) >= 11 is 0. The maximum Gasteiger partial charge on any atom is 0.133 e. The zero-order valence-corrected chi connectivity index (χ0v) is 6.37. The van der Waals surface area contributed by atoms with E-state index in [0.717, 1.165) is 12.2 Å². The monoisotopic (exact) mass is 162 g/mol. The number of allylic oxidation sites excluding steroid dienone is 4. The molecule has 0 spiro atoms. The van der Waals surface area contributed by atoms with E-state index in [1.807, 2.05) is 0 Å². The molecule has 0 aliphatic heterocycles. The summed E-state index contributed by atoms with van der Waals surface area (Å²) in [6.07, 6.45) is -0.0772. The van der Waals surface area contributed by atoms with E-state index in [1.54, 1.807) is 0 Å². The average molecular weight is 162 g/mol. The first kappa shape index (κ1) is 8.37. The van der Waals surface area contributed by atoms with Crippen LogP contribution >= 0.6 is 0 Å². The summed E-state index contributed by atoms with van der Waals surface area (Å²) in [7, 11) is 0. The van der Waals surface area contributed by atoms with E-state index in [0.29, 0.717) is 0 Å². The van der Waals surface area contributed by atoms with Crippen molar-refractivity contribution >= 4 is 0 Å². The van der Waals surface area contributed by atoms with Crippen molar-refractivity contribution in [2.45, 2.75) is 20.0 Å². The fraction of sp³-hybridized carbons (Fsp3) is 0.500. The van der Waals surface area contributed by atoms with E-state index >= 15 is 0 Å². The highest BCUT2D eigenvalue weighted by Crippen LogP contribution is 2.38. The average Bonchev–Trinajstić information content (AvgIpc) is 1.84. The van der Waals surface area contributed by atoms with Crippen LogP contribution in [0.15, 0.2) is 23.8 Å². The maximum absolute atomic E-state index is 12.9. The minimum atomic E-state index is -1.58. The second-order valence-corrected chi connectivity index (χ2v) is 3.17. The molecule has 0 aromatic heterocycles. The third-order valence-electron chi connectivity index (χ3n) is 1.88. The van der Waals surface area contributed by atoms with Gasteiger partial charge in [0.15, 0.2) is 0 Å². The Hall–Kier alpha value is -0.730. The summed E-state index contributed by atoms with van der Waals surface area (Å²) in [5.41, 5.74) is -1.21. The highest BCUT2D eigenvalue weighted by molar-refractivity contribution is 5.27. The van der Waals surface area contributed by atoms with Crippen molar-refractivity contribution in [1.82, 2.24) is 0 Å². The molecule has 0 nitrogen and oxygen atoms in total. The van der Waals surface area contributed by atoms with Gasteiger partial charge in [0.05, 0.1) is 5.41 Å². The van der Waals surface area contributed by atoms with Gasteiger partial charge < -0.3 is 0 Å². The minimum Gasteiger partial charge on any atom is -0.242 e. The third-order valence-corrected chi connectivity index (χ3v) is 1.88. The lowest BCUT2D eigenvalue weighted by Gasteiger charge is -2.27. The van der Waals surface area contributed by atoms with Crippen LogP contribution in [0.4, 0.5) is 13.2 Å². The first-order valence-corrected chi connectivity index (χ1v) is 3.33. The van der Waals surface area contributed by atoms with E-state index < -0.39 is 23.2 Å². The minimum absolute atomic E-state index is 0.718. The van der Waals surface area contributed by atoms with Crippen LogP contribution in [0.25, 0.3) is 0 Å². The number of alkyl halides is 1. The molecule has 3 heteroatoms. The molecule has 1 unspecified atom stereocenters. The van der Waals surface area contributed by atoms with Crippen LogP contribution in [0.2, 0.25) is 0 Å². The lowest BCUT2D eigenvalue weighted by molar-refractivity contribution is 0.186. The van der Waals surface area contributed by atoms with Gasteiger partial charge in [0.2, 0.25) is 0 Å². The molecule has 62 valence electrons. The van der Waals surface area contributed by atoms with E-state index in [-0.39, 0.29) is 0 Å². The Kier molecular flexibility index (Phi) is 1.82. The highest BCUT2D eigenvalue weighted by Gasteiger charge is 2.36. The molecule has 0 amide bonds. The molecule has 1 atom stereocenters. The van der Waals surface area contributed by atoms with Crippen molar-refractivity contribution in [2.75, 3.05) is 0 Å². The Balaban J connectivity index is 3.01. The van der Waals surface area contributed by atoms with Gasteiger partial charge in [-0.05, 0) is 6.08 Å². The summed E-state index contributed by atoms with van der Waals surface area (Å²) in [4.78, 5) is 0. The van der Waals surface area contributed by atoms with Crippen molar-refractivity contribution in [3.8, 4) is 0 Å². The molecule has 0 N–H and O–H groups in total. The van der Waals surface area contributed by atoms with Crippen molar-refractivity contribution in [2.24, 2.45) is 5.41 Å². The fourth-order valence-corrected chi connectivity index (χ4v) is 0.835. The first-order chi connectivity index (χ1) is 4.94. The van der Waals surface area contributed by atoms with Crippen LogP contribution in [-0.2, 0) is 0 Å². The molecule has 0 saturated heterocycles. The summed E-state index contributed by atoms with van der Waals surface area (Å²) in [6, 6.07) is 0. The van der Waals surface area contributed by atoms with Crippen LogP contribution in [0.1, 0.15) is 13.8 Å². The van der Waals surface area contributed by atoms with Crippen molar-refractivity contribution in [1.29, 1.82) is 0 Å². The van der Waals surface area contributed by atoms with Crippen molar-refractivity contribution < 1.29 is 13.2 Å². The molecular weight excluding hydrogens is 153 g/mol. The zero-order chi connectivity index (χ0) is 8.65. The van der Waals surface area contributed by atoms with E-state index in [1.165, 1.54) is 13.8 Å².